The first-order valence-electron chi connectivity index (χ1n) is 6.01. The first kappa shape index (κ1) is 15.6. The molecule has 1 aliphatic heterocycles. The van der Waals surface area contributed by atoms with Crippen molar-refractivity contribution in [3.63, 3.8) is 0 Å². The lowest BCUT2D eigenvalue weighted by Gasteiger charge is -2.35. The summed E-state index contributed by atoms with van der Waals surface area (Å²) in [6, 6.07) is 2.45. The summed E-state index contributed by atoms with van der Waals surface area (Å²) in [5.74, 6) is -2.22. The fraction of sp³-hybridized carbons (Fsp3) is 0.500. The van der Waals surface area contributed by atoms with Crippen LogP contribution in [0.25, 0.3) is 0 Å². The second-order valence-electron chi connectivity index (χ2n) is 4.71. The maximum atomic E-state index is 13.2. The fourth-order valence-electron chi connectivity index (χ4n) is 2.01. The van der Waals surface area contributed by atoms with Crippen molar-refractivity contribution in [3.8, 4) is 0 Å². The van der Waals surface area contributed by atoms with Crippen LogP contribution < -0.4 is 4.72 Å². The molecule has 0 spiro atoms. The number of hydrogen-bond donors (Lipinski definition) is 1. The predicted molar refractivity (Wildman–Crippen MR) is 70.2 cm³/mol. The Kier molecular flexibility index (Phi) is 4.63. The number of hydrogen-bond acceptors (Lipinski definition) is 3. The summed E-state index contributed by atoms with van der Waals surface area (Å²) in [5.41, 5.74) is -0.816. The molecule has 20 heavy (non-hydrogen) atoms. The molecule has 0 atom stereocenters. The maximum absolute atomic E-state index is 13.2. The van der Waals surface area contributed by atoms with Crippen molar-refractivity contribution in [2.24, 2.45) is 0 Å². The molecule has 1 saturated heterocycles. The first-order chi connectivity index (χ1) is 9.38. The molecule has 0 radical (unpaired) electrons. The van der Waals surface area contributed by atoms with Gasteiger partial charge in [0.05, 0.1) is 10.4 Å². The van der Waals surface area contributed by atoms with E-state index in [-0.39, 0.29) is 10.8 Å². The highest BCUT2D eigenvalue weighted by Gasteiger charge is 2.36. The quantitative estimate of drug-likeness (QED) is 0.862. The largest absolute Gasteiger partial charge is 0.381 e. The SMILES string of the molecule is O=S(=O)(NC1(CCl)CCOCC1)c1ccc(F)c(F)c1. The van der Waals surface area contributed by atoms with Crippen LogP contribution in [0.2, 0.25) is 0 Å². The molecule has 1 aromatic rings. The van der Waals surface area contributed by atoms with Crippen LogP contribution in [0, 0.1) is 11.6 Å². The lowest BCUT2D eigenvalue weighted by Crippen LogP contribution is -2.53. The zero-order valence-corrected chi connectivity index (χ0v) is 12.1. The molecular formula is C12H14ClF2NO3S. The lowest BCUT2D eigenvalue weighted by atomic mass is 9.94. The molecule has 1 aromatic carbocycles. The van der Waals surface area contributed by atoms with Gasteiger partial charge in [-0.25, -0.2) is 21.9 Å². The van der Waals surface area contributed by atoms with Gasteiger partial charge in [0.25, 0.3) is 0 Å². The second kappa shape index (κ2) is 5.93. The van der Waals surface area contributed by atoms with Gasteiger partial charge < -0.3 is 4.74 Å². The van der Waals surface area contributed by atoms with E-state index in [1.54, 1.807) is 0 Å². The van der Waals surface area contributed by atoms with Crippen molar-refractivity contribution in [2.45, 2.75) is 23.3 Å². The van der Waals surface area contributed by atoms with Gasteiger partial charge in [-0.1, -0.05) is 0 Å². The van der Waals surface area contributed by atoms with E-state index < -0.39 is 27.2 Å². The highest BCUT2D eigenvalue weighted by Crippen LogP contribution is 2.25. The monoisotopic (exact) mass is 325 g/mol. The van der Waals surface area contributed by atoms with E-state index >= 15 is 0 Å². The molecule has 0 unspecified atom stereocenters. The van der Waals surface area contributed by atoms with Crippen molar-refractivity contribution in [1.29, 1.82) is 0 Å². The van der Waals surface area contributed by atoms with Crippen molar-refractivity contribution in [2.75, 3.05) is 19.1 Å². The minimum absolute atomic E-state index is 0.0826. The second-order valence-corrected chi connectivity index (χ2v) is 6.66. The number of ether oxygens (including phenoxy) is 1. The molecule has 4 nitrogen and oxygen atoms in total. The lowest BCUT2D eigenvalue weighted by molar-refractivity contribution is 0.0549. The van der Waals surface area contributed by atoms with Crippen molar-refractivity contribution in [3.05, 3.63) is 29.8 Å². The Balaban J connectivity index is 2.27. The number of alkyl halides is 1. The zero-order valence-electron chi connectivity index (χ0n) is 10.5. The van der Waals surface area contributed by atoms with E-state index in [0.717, 1.165) is 12.1 Å². The third-order valence-electron chi connectivity index (χ3n) is 3.26. The van der Waals surface area contributed by atoms with E-state index in [1.165, 1.54) is 0 Å². The van der Waals surface area contributed by atoms with Crippen LogP contribution >= 0.6 is 11.6 Å². The first-order valence-corrected chi connectivity index (χ1v) is 8.03. The van der Waals surface area contributed by atoms with E-state index in [9.17, 15) is 17.2 Å². The highest BCUT2D eigenvalue weighted by molar-refractivity contribution is 7.89. The van der Waals surface area contributed by atoms with E-state index in [4.69, 9.17) is 16.3 Å². The van der Waals surface area contributed by atoms with E-state index in [1.807, 2.05) is 0 Å². The average Bonchev–Trinajstić information content (AvgIpc) is 2.42. The molecule has 0 bridgehead atoms. The number of sulfonamides is 1. The molecular weight excluding hydrogens is 312 g/mol. The van der Waals surface area contributed by atoms with Gasteiger partial charge in [-0.2, -0.15) is 0 Å². The third-order valence-corrected chi connectivity index (χ3v) is 5.35. The molecule has 0 saturated carbocycles. The minimum atomic E-state index is -3.97. The van der Waals surface area contributed by atoms with Gasteiger partial charge in [0.1, 0.15) is 0 Å². The molecule has 1 aliphatic rings. The summed E-state index contributed by atoms with van der Waals surface area (Å²) in [7, 11) is -3.97. The zero-order chi connectivity index (χ0) is 14.8. The van der Waals surface area contributed by atoms with Crippen LogP contribution in [0.1, 0.15) is 12.8 Å². The van der Waals surface area contributed by atoms with Gasteiger partial charge in [-0.05, 0) is 31.0 Å². The molecule has 0 aliphatic carbocycles. The van der Waals surface area contributed by atoms with Crippen LogP contribution in [0.15, 0.2) is 23.1 Å². The van der Waals surface area contributed by atoms with Crippen LogP contribution in [0.5, 0.6) is 0 Å². The minimum Gasteiger partial charge on any atom is -0.381 e. The van der Waals surface area contributed by atoms with Crippen LogP contribution in [0.3, 0.4) is 0 Å². The van der Waals surface area contributed by atoms with Crippen molar-refractivity contribution < 1.29 is 21.9 Å². The molecule has 1 heterocycles. The van der Waals surface area contributed by atoms with Gasteiger partial charge in [-0.15, -0.1) is 11.6 Å². The van der Waals surface area contributed by atoms with Gasteiger partial charge in [0.2, 0.25) is 10.0 Å². The Bertz CT molecular complexity index is 588. The van der Waals surface area contributed by atoms with E-state index in [2.05, 4.69) is 4.72 Å². The summed E-state index contributed by atoms with van der Waals surface area (Å²) < 4.78 is 58.1. The van der Waals surface area contributed by atoms with Crippen molar-refractivity contribution >= 4 is 21.6 Å². The Morgan fingerprint density at radius 3 is 2.45 bits per heavy atom. The molecule has 1 fully saturated rings. The third kappa shape index (κ3) is 3.28. The highest BCUT2D eigenvalue weighted by atomic mass is 35.5. The Morgan fingerprint density at radius 1 is 1.25 bits per heavy atom. The van der Waals surface area contributed by atoms with Gasteiger partial charge in [0, 0.05) is 19.1 Å². The van der Waals surface area contributed by atoms with Gasteiger partial charge in [-0.3, -0.25) is 0 Å². The number of halogens is 3. The van der Waals surface area contributed by atoms with Gasteiger partial charge in [0.15, 0.2) is 11.6 Å². The van der Waals surface area contributed by atoms with Crippen LogP contribution in [-0.2, 0) is 14.8 Å². The summed E-state index contributed by atoms with van der Waals surface area (Å²) in [5, 5.41) is 0. The normalized spacial score (nSPS) is 18.9. The standard InChI is InChI=1S/C12H14ClF2NO3S/c13-8-12(3-5-19-6-4-12)16-20(17,18)9-1-2-10(14)11(15)7-9/h1-2,7,16H,3-6,8H2. The van der Waals surface area contributed by atoms with Crippen LogP contribution in [-0.4, -0.2) is 33.1 Å². The number of benzene rings is 1. The van der Waals surface area contributed by atoms with Crippen LogP contribution in [0.4, 0.5) is 8.78 Å². The fourth-order valence-corrected chi connectivity index (χ4v) is 3.90. The van der Waals surface area contributed by atoms with Gasteiger partial charge >= 0.3 is 0 Å². The number of rotatable bonds is 4. The van der Waals surface area contributed by atoms with Crippen molar-refractivity contribution in [1.82, 2.24) is 4.72 Å². The average molecular weight is 326 g/mol. The van der Waals surface area contributed by atoms with E-state index in [0.29, 0.717) is 32.1 Å². The number of nitrogens with one attached hydrogen (secondary N) is 1. The molecule has 1 N–H and O–H groups in total. The Labute approximate surface area is 121 Å². The summed E-state index contributed by atoms with van der Waals surface area (Å²) >= 11 is 5.87. The molecule has 2 rings (SSSR count). The molecule has 112 valence electrons. The Morgan fingerprint density at radius 2 is 1.90 bits per heavy atom. The molecule has 0 aromatic heterocycles. The smallest absolute Gasteiger partial charge is 0.241 e. The molecule has 8 heteroatoms. The predicted octanol–water partition coefficient (Wildman–Crippen LogP) is 2.03. The summed E-state index contributed by atoms with van der Waals surface area (Å²) in [6.45, 7) is 0.792. The Hall–Kier alpha value is -0.760. The molecule has 0 amide bonds. The maximum Gasteiger partial charge on any atom is 0.241 e. The summed E-state index contributed by atoms with van der Waals surface area (Å²) in [6.07, 6.45) is 0.860. The summed E-state index contributed by atoms with van der Waals surface area (Å²) in [4.78, 5) is -0.326. The topological polar surface area (TPSA) is 55.4 Å².